The van der Waals surface area contributed by atoms with E-state index in [1.54, 1.807) is 13.8 Å². The van der Waals surface area contributed by atoms with Crippen LogP contribution in [0.15, 0.2) is 73.2 Å². The molecule has 162 valence electrons. The number of pyridine rings is 3. The molecule has 3 aromatic heterocycles. The van der Waals surface area contributed by atoms with Gasteiger partial charge >= 0.3 is 0 Å². The standard InChI is InChI=1S/C18H18N4.C5H12O2.Os/c1-4-10-19-16(7-1)13-22(14-17-8-2-5-11-20-17)15-18-9-3-6-12-21-18;1-4(6)3-5(2)7;/h1-12H,13-15H2;4-7H,3H2,1-2H3;. The van der Waals surface area contributed by atoms with E-state index in [1.807, 2.05) is 73.2 Å². The number of nitrogens with zero attached hydrogens (tertiary/aromatic N) is 4. The van der Waals surface area contributed by atoms with Crippen LogP contribution in [0.3, 0.4) is 0 Å². The van der Waals surface area contributed by atoms with Crippen LogP contribution in [0.5, 0.6) is 0 Å². The Labute approximate surface area is 192 Å². The molecule has 0 aliphatic heterocycles. The van der Waals surface area contributed by atoms with E-state index in [0.717, 1.165) is 36.7 Å². The normalized spacial score (nSPS) is 12.3. The number of rotatable bonds is 8. The van der Waals surface area contributed by atoms with Crippen molar-refractivity contribution in [1.29, 1.82) is 0 Å². The smallest absolute Gasteiger partial charge is 0.0544 e. The van der Waals surface area contributed by atoms with E-state index in [-0.39, 0.29) is 32.0 Å². The summed E-state index contributed by atoms with van der Waals surface area (Å²) < 4.78 is 0. The Morgan fingerprint density at radius 1 is 0.667 bits per heavy atom. The van der Waals surface area contributed by atoms with Crippen LogP contribution in [0.1, 0.15) is 37.4 Å². The molecule has 2 atom stereocenters. The van der Waals surface area contributed by atoms with Crippen LogP contribution in [0, 0.1) is 0 Å². The number of aromatic nitrogens is 3. The number of hydrogen-bond acceptors (Lipinski definition) is 6. The molecular weight excluding hydrogens is 555 g/mol. The topological polar surface area (TPSA) is 82.4 Å². The van der Waals surface area contributed by atoms with Gasteiger partial charge in [0.05, 0.1) is 29.3 Å². The van der Waals surface area contributed by atoms with Gasteiger partial charge in [-0.2, -0.15) is 0 Å². The Kier molecular flexibility index (Phi) is 12.9. The minimum atomic E-state index is -0.375. The Morgan fingerprint density at radius 3 is 1.20 bits per heavy atom. The van der Waals surface area contributed by atoms with Crippen molar-refractivity contribution in [2.24, 2.45) is 0 Å². The SMILES string of the molecule is CC(O)CC(C)O.[Os].c1ccc(CN(Cc2ccccn2)Cc2ccccn2)nc1. The molecule has 0 fully saturated rings. The summed E-state index contributed by atoms with van der Waals surface area (Å²) in [5, 5.41) is 17.1. The van der Waals surface area contributed by atoms with Crippen molar-refractivity contribution in [3.05, 3.63) is 90.3 Å². The predicted octanol–water partition coefficient (Wildman–Crippen LogP) is 3.21. The van der Waals surface area contributed by atoms with E-state index in [2.05, 4.69) is 19.9 Å². The van der Waals surface area contributed by atoms with Gasteiger partial charge in [0.25, 0.3) is 0 Å². The van der Waals surface area contributed by atoms with Gasteiger partial charge in [-0.1, -0.05) is 18.2 Å². The molecule has 0 spiro atoms. The summed E-state index contributed by atoms with van der Waals surface area (Å²) >= 11 is 0. The fourth-order valence-electron chi connectivity index (χ4n) is 2.82. The molecule has 0 saturated heterocycles. The quantitative estimate of drug-likeness (QED) is 0.423. The van der Waals surface area contributed by atoms with Crippen LogP contribution in [0.4, 0.5) is 0 Å². The first-order chi connectivity index (χ1) is 14.0. The Hall–Kier alpha value is -2.03. The van der Waals surface area contributed by atoms with Gasteiger partial charge in [0.15, 0.2) is 0 Å². The van der Waals surface area contributed by atoms with E-state index in [9.17, 15) is 0 Å². The third-order valence-corrected chi connectivity index (χ3v) is 4.02. The maximum Gasteiger partial charge on any atom is 0.0544 e. The number of aliphatic hydroxyl groups excluding tert-OH is 2. The van der Waals surface area contributed by atoms with Gasteiger partial charge in [-0.15, -0.1) is 0 Å². The Bertz CT molecular complexity index is 685. The largest absolute Gasteiger partial charge is 0.393 e. The zero-order valence-corrected chi connectivity index (χ0v) is 20.0. The molecule has 0 aliphatic carbocycles. The molecule has 2 unspecified atom stereocenters. The molecule has 0 bridgehead atoms. The maximum absolute atomic E-state index is 8.56. The summed E-state index contributed by atoms with van der Waals surface area (Å²) in [5.41, 5.74) is 3.15. The molecule has 6 nitrogen and oxygen atoms in total. The van der Waals surface area contributed by atoms with Crippen molar-refractivity contribution in [3.63, 3.8) is 0 Å². The second-order valence-corrected chi connectivity index (χ2v) is 7.04. The average molecular weight is 585 g/mol. The molecular formula is C23H30N4O2Os. The van der Waals surface area contributed by atoms with Gasteiger partial charge in [0.2, 0.25) is 0 Å². The van der Waals surface area contributed by atoms with Gasteiger partial charge in [-0.3, -0.25) is 19.9 Å². The first-order valence-corrected chi connectivity index (χ1v) is 9.81. The summed E-state index contributed by atoms with van der Waals surface area (Å²) in [5.74, 6) is 0. The maximum atomic E-state index is 8.56. The summed E-state index contributed by atoms with van der Waals surface area (Å²) in [6, 6.07) is 18.0. The van der Waals surface area contributed by atoms with Crippen LogP contribution in [-0.4, -0.2) is 42.3 Å². The van der Waals surface area contributed by atoms with Crippen LogP contribution < -0.4 is 0 Å². The third-order valence-electron chi connectivity index (χ3n) is 4.02. The first-order valence-electron chi connectivity index (χ1n) is 9.81. The van der Waals surface area contributed by atoms with E-state index < -0.39 is 0 Å². The fourth-order valence-corrected chi connectivity index (χ4v) is 2.82. The molecule has 0 saturated carbocycles. The van der Waals surface area contributed by atoms with Crippen molar-refractivity contribution < 1.29 is 30.0 Å². The Morgan fingerprint density at radius 2 is 1.00 bits per heavy atom. The molecule has 3 heterocycles. The third kappa shape index (κ3) is 11.2. The second-order valence-electron chi connectivity index (χ2n) is 7.04. The van der Waals surface area contributed by atoms with Crippen LogP contribution in [0.25, 0.3) is 0 Å². The van der Waals surface area contributed by atoms with Gasteiger partial charge in [-0.25, -0.2) is 0 Å². The second kappa shape index (κ2) is 14.9. The van der Waals surface area contributed by atoms with Gasteiger partial charge in [-0.05, 0) is 56.7 Å². The molecule has 7 heteroatoms. The monoisotopic (exact) mass is 586 g/mol. The average Bonchev–Trinajstić information content (AvgIpc) is 2.70. The van der Waals surface area contributed by atoms with Gasteiger partial charge in [0.1, 0.15) is 0 Å². The van der Waals surface area contributed by atoms with Crippen molar-refractivity contribution in [2.45, 2.75) is 52.1 Å². The van der Waals surface area contributed by atoms with E-state index >= 15 is 0 Å². The molecule has 0 radical (unpaired) electrons. The van der Waals surface area contributed by atoms with Gasteiger partial charge in [0, 0.05) is 58.0 Å². The molecule has 0 aliphatic rings. The summed E-state index contributed by atoms with van der Waals surface area (Å²) in [6.45, 7) is 5.63. The van der Waals surface area contributed by atoms with E-state index in [1.165, 1.54) is 0 Å². The van der Waals surface area contributed by atoms with Crippen LogP contribution in [0.2, 0.25) is 0 Å². The van der Waals surface area contributed by atoms with Crippen LogP contribution in [-0.2, 0) is 39.4 Å². The molecule has 3 aromatic rings. The van der Waals surface area contributed by atoms with Crippen molar-refractivity contribution >= 4 is 0 Å². The van der Waals surface area contributed by atoms with Crippen molar-refractivity contribution in [1.82, 2.24) is 19.9 Å². The minimum Gasteiger partial charge on any atom is -0.393 e. The molecule has 3 rings (SSSR count). The Balaban J connectivity index is 0.000000489. The summed E-state index contributed by atoms with van der Waals surface area (Å²) in [6.07, 6.45) is 5.21. The summed E-state index contributed by atoms with van der Waals surface area (Å²) in [4.78, 5) is 15.6. The van der Waals surface area contributed by atoms with Crippen molar-refractivity contribution in [2.75, 3.05) is 0 Å². The molecule has 30 heavy (non-hydrogen) atoms. The molecule has 0 amide bonds. The zero-order valence-electron chi connectivity index (χ0n) is 17.4. The number of aliphatic hydroxyl groups is 2. The summed E-state index contributed by atoms with van der Waals surface area (Å²) in [7, 11) is 0. The molecule has 0 aromatic carbocycles. The van der Waals surface area contributed by atoms with Crippen LogP contribution >= 0.6 is 0 Å². The van der Waals surface area contributed by atoms with Crippen molar-refractivity contribution in [3.8, 4) is 0 Å². The fraction of sp³-hybridized carbons (Fsp3) is 0.348. The van der Waals surface area contributed by atoms with Gasteiger partial charge < -0.3 is 10.2 Å². The first kappa shape index (κ1) is 26.0. The van der Waals surface area contributed by atoms with E-state index in [0.29, 0.717) is 6.42 Å². The molecule has 2 N–H and O–H groups in total. The zero-order chi connectivity index (χ0) is 20.9. The van der Waals surface area contributed by atoms with E-state index in [4.69, 9.17) is 10.2 Å². The predicted molar refractivity (Wildman–Crippen MR) is 114 cm³/mol. The number of hydrogen-bond donors (Lipinski definition) is 2. The minimum absolute atomic E-state index is 0.